The molecule has 0 spiro atoms. The SMILES string of the molecule is CC/C=C\C/C=C\C/C=C\C/C=C\CCCCCCCCCCCCCCCCC(=O)OCC(COC(=O)CCCCCCC/C=C\CCCC)OC(=O)CC/C=C\C/C=C\C/C=C\C/C=C\CC. The summed E-state index contributed by atoms with van der Waals surface area (Å²) >= 11 is 0. The summed E-state index contributed by atoms with van der Waals surface area (Å²) in [5.41, 5.74) is 0. The van der Waals surface area contributed by atoms with Crippen LogP contribution in [0.15, 0.2) is 109 Å². The Morgan fingerprint density at radius 2 is 0.594 bits per heavy atom. The summed E-state index contributed by atoms with van der Waals surface area (Å²) in [4.78, 5) is 38.0. The molecule has 0 bridgehead atoms. The van der Waals surface area contributed by atoms with Crippen LogP contribution in [-0.2, 0) is 28.6 Å². The van der Waals surface area contributed by atoms with Crippen molar-refractivity contribution in [2.75, 3.05) is 13.2 Å². The Kier molecular flexibility index (Phi) is 53.4. The van der Waals surface area contributed by atoms with Gasteiger partial charge >= 0.3 is 17.9 Å². The van der Waals surface area contributed by atoms with Crippen LogP contribution in [-0.4, -0.2) is 37.2 Å². The fourth-order valence-corrected chi connectivity index (χ4v) is 7.55. The van der Waals surface area contributed by atoms with Crippen molar-refractivity contribution < 1.29 is 28.6 Å². The topological polar surface area (TPSA) is 78.9 Å². The van der Waals surface area contributed by atoms with E-state index in [9.17, 15) is 14.4 Å². The summed E-state index contributed by atoms with van der Waals surface area (Å²) in [7, 11) is 0. The molecule has 0 aliphatic carbocycles. The van der Waals surface area contributed by atoms with E-state index in [-0.39, 0.29) is 31.6 Å². The summed E-state index contributed by atoms with van der Waals surface area (Å²) in [6, 6.07) is 0. The molecule has 0 amide bonds. The van der Waals surface area contributed by atoms with E-state index in [0.717, 1.165) is 103 Å². The molecular formula is C63H104O6. The lowest BCUT2D eigenvalue weighted by Gasteiger charge is -2.18. The zero-order chi connectivity index (χ0) is 50.0. The first kappa shape index (κ1) is 65.1. The van der Waals surface area contributed by atoms with Crippen LogP contribution in [0.5, 0.6) is 0 Å². The van der Waals surface area contributed by atoms with E-state index < -0.39 is 12.1 Å². The minimum atomic E-state index is -0.819. The lowest BCUT2D eigenvalue weighted by molar-refractivity contribution is -0.166. The first-order chi connectivity index (χ1) is 34.0. The van der Waals surface area contributed by atoms with Gasteiger partial charge in [0.1, 0.15) is 13.2 Å². The van der Waals surface area contributed by atoms with Crippen molar-refractivity contribution >= 4 is 17.9 Å². The lowest BCUT2D eigenvalue weighted by atomic mass is 10.0. The minimum Gasteiger partial charge on any atom is -0.462 e. The highest BCUT2D eigenvalue weighted by Crippen LogP contribution is 2.15. The van der Waals surface area contributed by atoms with Gasteiger partial charge in [-0.05, 0) is 103 Å². The first-order valence-electron chi connectivity index (χ1n) is 28.4. The third kappa shape index (κ3) is 54.9. The Bertz CT molecular complexity index is 1420. The second-order valence-corrected chi connectivity index (χ2v) is 18.4. The predicted octanol–water partition coefficient (Wildman–Crippen LogP) is 19.1. The van der Waals surface area contributed by atoms with E-state index >= 15 is 0 Å². The molecule has 0 fully saturated rings. The van der Waals surface area contributed by atoms with Gasteiger partial charge in [-0.1, -0.05) is 239 Å². The van der Waals surface area contributed by atoms with Crippen molar-refractivity contribution in [1.82, 2.24) is 0 Å². The van der Waals surface area contributed by atoms with Gasteiger partial charge in [-0.15, -0.1) is 0 Å². The zero-order valence-electron chi connectivity index (χ0n) is 44.8. The van der Waals surface area contributed by atoms with Crippen LogP contribution in [0, 0.1) is 0 Å². The van der Waals surface area contributed by atoms with Crippen molar-refractivity contribution in [2.24, 2.45) is 0 Å². The minimum absolute atomic E-state index is 0.110. The van der Waals surface area contributed by atoms with Gasteiger partial charge in [0.2, 0.25) is 0 Å². The molecule has 6 heteroatoms. The zero-order valence-corrected chi connectivity index (χ0v) is 44.8. The maximum absolute atomic E-state index is 12.8. The maximum atomic E-state index is 12.8. The number of carbonyl (C=O) groups excluding carboxylic acids is 3. The Morgan fingerprint density at radius 1 is 0.304 bits per heavy atom. The van der Waals surface area contributed by atoms with Crippen molar-refractivity contribution in [1.29, 1.82) is 0 Å². The summed E-state index contributed by atoms with van der Waals surface area (Å²) in [5.74, 6) is -1.00. The number of hydrogen-bond acceptors (Lipinski definition) is 6. The third-order valence-corrected chi connectivity index (χ3v) is 11.8. The van der Waals surface area contributed by atoms with Crippen molar-refractivity contribution in [3.8, 4) is 0 Å². The number of esters is 3. The van der Waals surface area contributed by atoms with E-state index in [1.807, 2.05) is 12.2 Å². The van der Waals surface area contributed by atoms with Crippen molar-refractivity contribution in [3.63, 3.8) is 0 Å². The van der Waals surface area contributed by atoms with Gasteiger partial charge in [-0.2, -0.15) is 0 Å². The monoisotopic (exact) mass is 957 g/mol. The summed E-state index contributed by atoms with van der Waals surface area (Å²) in [6.45, 7) is 6.30. The second kappa shape index (κ2) is 56.7. The van der Waals surface area contributed by atoms with Crippen LogP contribution in [0.1, 0.15) is 252 Å². The summed E-state index contributed by atoms with van der Waals surface area (Å²) in [5, 5.41) is 0. The van der Waals surface area contributed by atoms with Gasteiger partial charge in [-0.3, -0.25) is 14.4 Å². The molecule has 1 atom stereocenters. The quantitative estimate of drug-likeness (QED) is 0.0262. The fraction of sp³-hybridized carbons (Fsp3) is 0.667. The second-order valence-electron chi connectivity index (χ2n) is 18.4. The summed E-state index contributed by atoms with van der Waals surface area (Å²) < 4.78 is 16.7. The summed E-state index contributed by atoms with van der Waals surface area (Å²) in [6.07, 6.45) is 76.8. The van der Waals surface area contributed by atoms with Crippen LogP contribution in [0.4, 0.5) is 0 Å². The normalized spacial score (nSPS) is 12.9. The molecule has 69 heavy (non-hydrogen) atoms. The fourth-order valence-electron chi connectivity index (χ4n) is 7.55. The smallest absolute Gasteiger partial charge is 0.306 e. The Morgan fingerprint density at radius 3 is 0.957 bits per heavy atom. The average molecular weight is 958 g/mol. The van der Waals surface area contributed by atoms with Gasteiger partial charge in [-0.25, -0.2) is 0 Å². The van der Waals surface area contributed by atoms with E-state index in [4.69, 9.17) is 14.2 Å². The van der Waals surface area contributed by atoms with Gasteiger partial charge in [0, 0.05) is 19.3 Å². The molecule has 0 aliphatic rings. The highest BCUT2D eigenvalue weighted by atomic mass is 16.6. The molecule has 0 rings (SSSR count). The molecule has 0 aromatic heterocycles. The van der Waals surface area contributed by atoms with E-state index in [1.165, 1.54) is 103 Å². The van der Waals surface area contributed by atoms with E-state index in [1.54, 1.807) is 0 Å². The van der Waals surface area contributed by atoms with Crippen LogP contribution in [0.2, 0.25) is 0 Å². The highest BCUT2D eigenvalue weighted by Gasteiger charge is 2.19. The highest BCUT2D eigenvalue weighted by molar-refractivity contribution is 5.71. The van der Waals surface area contributed by atoms with Gasteiger partial charge < -0.3 is 14.2 Å². The molecule has 392 valence electrons. The molecule has 0 radical (unpaired) electrons. The van der Waals surface area contributed by atoms with Crippen molar-refractivity contribution in [2.45, 2.75) is 258 Å². The number of rotatable bonds is 50. The van der Waals surface area contributed by atoms with Gasteiger partial charge in [0.15, 0.2) is 6.10 Å². The number of allylic oxidation sites excluding steroid dienone is 18. The molecule has 0 aromatic carbocycles. The number of unbranched alkanes of at least 4 members (excludes halogenated alkanes) is 21. The predicted molar refractivity (Wildman–Crippen MR) is 297 cm³/mol. The molecular weight excluding hydrogens is 853 g/mol. The molecule has 0 saturated carbocycles. The number of hydrogen-bond donors (Lipinski definition) is 0. The molecule has 0 saturated heterocycles. The van der Waals surface area contributed by atoms with E-state index in [0.29, 0.717) is 19.3 Å². The van der Waals surface area contributed by atoms with Gasteiger partial charge in [0.25, 0.3) is 0 Å². The maximum Gasteiger partial charge on any atom is 0.306 e. The Labute approximate surface area is 425 Å². The Balaban J connectivity index is 4.26. The van der Waals surface area contributed by atoms with Crippen molar-refractivity contribution in [3.05, 3.63) is 109 Å². The first-order valence-corrected chi connectivity index (χ1v) is 28.4. The Hall–Kier alpha value is -3.93. The largest absolute Gasteiger partial charge is 0.462 e. The lowest BCUT2D eigenvalue weighted by Crippen LogP contribution is -2.30. The average Bonchev–Trinajstić information content (AvgIpc) is 3.35. The molecule has 6 nitrogen and oxygen atoms in total. The van der Waals surface area contributed by atoms with Crippen LogP contribution >= 0.6 is 0 Å². The molecule has 0 aromatic rings. The molecule has 0 aliphatic heterocycles. The third-order valence-electron chi connectivity index (χ3n) is 11.8. The molecule has 0 N–H and O–H groups in total. The van der Waals surface area contributed by atoms with Crippen LogP contribution in [0.3, 0.4) is 0 Å². The van der Waals surface area contributed by atoms with Crippen LogP contribution in [0.25, 0.3) is 0 Å². The molecule has 1 unspecified atom stereocenters. The number of ether oxygens (including phenoxy) is 3. The van der Waals surface area contributed by atoms with Crippen LogP contribution < -0.4 is 0 Å². The standard InChI is InChI=1S/C63H104O6/c1-4-7-10-13-16-19-22-24-25-26-27-28-29-30-31-32-33-34-35-36-37-39-41-44-47-50-53-56-62(65)68-59-60(58-67-61(64)55-52-49-46-43-40-21-18-15-12-9-6-3)69-63(66)57-54-51-48-45-42-38-23-20-17-14-11-8-5-2/h7-8,10-11,15-20,24-25,27-28,38,42,48,51,60H,4-6,9,12-14,21-23,26,29-37,39-41,43-47,49-50,52-59H2,1-3H3/b10-7-,11-8-,18-15-,19-16-,20-17-,25-24-,28-27-,42-38-,51-48-. The number of carbonyl (C=O) groups is 3. The van der Waals surface area contributed by atoms with E-state index in [2.05, 4.69) is 118 Å². The van der Waals surface area contributed by atoms with Gasteiger partial charge in [0.05, 0.1) is 0 Å². The molecule has 0 heterocycles.